The van der Waals surface area contributed by atoms with Crippen LogP contribution in [0.5, 0.6) is 5.75 Å². The first kappa shape index (κ1) is 11.5. The normalized spacial score (nSPS) is 11.7. The Bertz CT molecular complexity index is 326. The highest BCUT2D eigenvalue weighted by Crippen LogP contribution is 2.16. The molecule has 0 heterocycles. The van der Waals surface area contributed by atoms with Gasteiger partial charge in [-0.2, -0.15) is 0 Å². The van der Waals surface area contributed by atoms with Crippen LogP contribution in [0.1, 0.15) is 12.5 Å². The lowest BCUT2D eigenvalue weighted by Crippen LogP contribution is -1.97. The second-order valence-electron chi connectivity index (χ2n) is 2.82. The van der Waals surface area contributed by atoms with Gasteiger partial charge in [0.15, 0.2) is 0 Å². The molecule has 0 aliphatic rings. The van der Waals surface area contributed by atoms with Crippen molar-refractivity contribution < 1.29 is 5.11 Å². The van der Waals surface area contributed by atoms with Gasteiger partial charge in [-0.1, -0.05) is 22.9 Å². The van der Waals surface area contributed by atoms with Crippen molar-refractivity contribution >= 4 is 28.2 Å². The third kappa shape index (κ3) is 3.27. The molecule has 1 N–H and O–H groups in total. The monoisotopic (exact) mass is 227 g/mol. The SMILES string of the molecule is CC(=NCCSS)c1ccccc1O. The number of phenolic OH excluding ortho intramolecular Hbond substituents is 1. The van der Waals surface area contributed by atoms with Crippen LogP contribution in [0.2, 0.25) is 0 Å². The van der Waals surface area contributed by atoms with Crippen molar-refractivity contribution in [3.8, 4) is 5.75 Å². The van der Waals surface area contributed by atoms with E-state index in [-0.39, 0.29) is 5.75 Å². The number of hydrogen-bond acceptors (Lipinski definition) is 4. The fourth-order valence-corrected chi connectivity index (χ4v) is 1.54. The fourth-order valence-electron chi connectivity index (χ4n) is 1.12. The van der Waals surface area contributed by atoms with Crippen molar-refractivity contribution in [3.63, 3.8) is 0 Å². The largest absolute Gasteiger partial charge is 0.507 e. The zero-order valence-corrected chi connectivity index (χ0v) is 9.68. The molecule has 1 aromatic carbocycles. The molecule has 14 heavy (non-hydrogen) atoms. The van der Waals surface area contributed by atoms with E-state index in [2.05, 4.69) is 16.7 Å². The van der Waals surface area contributed by atoms with E-state index in [0.717, 1.165) is 23.6 Å². The standard InChI is InChI=1S/C10H13NOS2/c1-8(11-6-7-14-13)9-4-2-3-5-10(9)12/h2-5,12-13H,6-7H2,1H3. The maximum atomic E-state index is 9.54. The van der Waals surface area contributed by atoms with E-state index in [4.69, 9.17) is 0 Å². The van der Waals surface area contributed by atoms with Gasteiger partial charge in [0, 0.05) is 23.6 Å². The highest BCUT2D eigenvalue weighted by atomic mass is 33.1. The fraction of sp³-hybridized carbons (Fsp3) is 0.300. The Morgan fingerprint density at radius 3 is 2.86 bits per heavy atom. The van der Waals surface area contributed by atoms with Gasteiger partial charge >= 0.3 is 0 Å². The van der Waals surface area contributed by atoms with Crippen molar-refractivity contribution in [1.82, 2.24) is 0 Å². The molecule has 0 saturated heterocycles. The van der Waals surface area contributed by atoms with E-state index >= 15 is 0 Å². The van der Waals surface area contributed by atoms with Gasteiger partial charge in [0.1, 0.15) is 5.75 Å². The minimum atomic E-state index is 0.285. The van der Waals surface area contributed by atoms with Gasteiger partial charge in [-0.25, -0.2) is 0 Å². The zero-order chi connectivity index (χ0) is 10.4. The van der Waals surface area contributed by atoms with Gasteiger partial charge in [-0.3, -0.25) is 4.99 Å². The Labute approximate surface area is 93.3 Å². The molecule has 0 unspecified atom stereocenters. The van der Waals surface area contributed by atoms with Crippen LogP contribution in [0, 0.1) is 0 Å². The molecule has 0 fully saturated rings. The summed E-state index contributed by atoms with van der Waals surface area (Å²) in [7, 11) is 1.47. The average Bonchev–Trinajstić information content (AvgIpc) is 2.18. The molecule has 0 bridgehead atoms. The summed E-state index contributed by atoms with van der Waals surface area (Å²) in [6, 6.07) is 7.22. The molecule has 76 valence electrons. The second kappa shape index (κ2) is 5.98. The number of benzene rings is 1. The van der Waals surface area contributed by atoms with E-state index in [1.165, 1.54) is 10.8 Å². The predicted molar refractivity (Wildman–Crippen MR) is 66.6 cm³/mol. The lowest BCUT2D eigenvalue weighted by molar-refractivity contribution is 0.474. The Hall–Kier alpha value is -0.610. The van der Waals surface area contributed by atoms with Crippen LogP contribution >= 0.6 is 22.5 Å². The summed E-state index contributed by atoms with van der Waals surface area (Å²) < 4.78 is 0. The number of rotatable bonds is 4. The van der Waals surface area contributed by atoms with E-state index in [1.54, 1.807) is 12.1 Å². The van der Waals surface area contributed by atoms with Crippen LogP contribution in [-0.4, -0.2) is 23.1 Å². The van der Waals surface area contributed by atoms with Crippen molar-refractivity contribution in [3.05, 3.63) is 29.8 Å². The van der Waals surface area contributed by atoms with E-state index in [9.17, 15) is 5.11 Å². The third-order valence-corrected chi connectivity index (χ3v) is 2.74. The third-order valence-electron chi connectivity index (χ3n) is 1.83. The van der Waals surface area contributed by atoms with E-state index < -0.39 is 0 Å². The first-order chi connectivity index (χ1) is 6.75. The molecule has 0 aliphatic heterocycles. The van der Waals surface area contributed by atoms with Gasteiger partial charge in [-0.05, 0) is 19.1 Å². The van der Waals surface area contributed by atoms with Crippen molar-refractivity contribution in [2.45, 2.75) is 6.92 Å². The summed E-state index contributed by atoms with van der Waals surface area (Å²) >= 11 is 4.03. The number of thiol groups is 1. The maximum absolute atomic E-state index is 9.54. The van der Waals surface area contributed by atoms with Gasteiger partial charge in [0.2, 0.25) is 0 Å². The zero-order valence-electron chi connectivity index (χ0n) is 7.97. The molecule has 4 heteroatoms. The average molecular weight is 227 g/mol. The van der Waals surface area contributed by atoms with E-state index in [0.29, 0.717) is 0 Å². The molecule has 1 aromatic rings. The van der Waals surface area contributed by atoms with E-state index in [1.807, 2.05) is 19.1 Å². The topological polar surface area (TPSA) is 32.6 Å². The summed E-state index contributed by atoms with van der Waals surface area (Å²) in [6.07, 6.45) is 0. The first-order valence-corrected chi connectivity index (χ1v) is 6.35. The number of aromatic hydroxyl groups is 1. The quantitative estimate of drug-likeness (QED) is 0.359. The molecule has 0 amide bonds. The molecular formula is C10H13NOS2. The molecular weight excluding hydrogens is 214 g/mol. The second-order valence-corrected chi connectivity index (χ2v) is 4.26. The summed E-state index contributed by atoms with van der Waals surface area (Å²) in [5, 5.41) is 9.54. The minimum absolute atomic E-state index is 0.285. The molecule has 0 aromatic heterocycles. The molecule has 1 rings (SSSR count). The van der Waals surface area contributed by atoms with Gasteiger partial charge < -0.3 is 5.11 Å². The van der Waals surface area contributed by atoms with Gasteiger partial charge in [0.05, 0.1) is 0 Å². The van der Waals surface area contributed by atoms with Crippen LogP contribution in [-0.2, 0) is 0 Å². The summed E-state index contributed by atoms with van der Waals surface area (Å²) in [5.41, 5.74) is 1.67. The lowest BCUT2D eigenvalue weighted by Gasteiger charge is -2.03. The Balaban J connectivity index is 2.73. The van der Waals surface area contributed by atoms with Crippen LogP contribution in [0.15, 0.2) is 29.3 Å². The summed E-state index contributed by atoms with van der Waals surface area (Å²) in [5.74, 6) is 1.17. The van der Waals surface area contributed by atoms with Crippen LogP contribution in [0.25, 0.3) is 0 Å². The first-order valence-electron chi connectivity index (χ1n) is 4.31. The molecule has 0 radical (unpaired) electrons. The molecule has 0 aliphatic carbocycles. The summed E-state index contributed by atoms with van der Waals surface area (Å²) in [4.78, 5) is 4.33. The number of hydrogen-bond donors (Lipinski definition) is 2. The number of aliphatic imine (C=N–C) groups is 1. The van der Waals surface area contributed by atoms with Crippen molar-refractivity contribution in [2.24, 2.45) is 4.99 Å². The molecule has 0 atom stereocenters. The van der Waals surface area contributed by atoms with Crippen LogP contribution in [0.4, 0.5) is 0 Å². The Kier molecular flexibility index (Phi) is 4.90. The number of nitrogens with zero attached hydrogens (tertiary/aromatic N) is 1. The maximum Gasteiger partial charge on any atom is 0.124 e. The number of para-hydroxylation sites is 1. The van der Waals surface area contributed by atoms with Gasteiger partial charge in [0.25, 0.3) is 0 Å². The highest BCUT2D eigenvalue weighted by molar-refractivity contribution is 8.68. The van der Waals surface area contributed by atoms with Gasteiger partial charge in [-0.15, -0.1) is 11.7 Å². The predicted octanol–water partition coefficient (Wildman–Crippen LogP) is 2.78. The Morgan fingerprint density at radius 1 is 1.50 bits per heavy atom. The van der Waals surface area contributed by atoms with Crippen molar-refractivity contribution in [2.75, 3.05) is 12.3 Å². The van der Waals surface area contributed by atoms with Crippen LogP contribution in [0.3, 0.4) is 0 Å². The number of phenols is 1. The summed E-state index contributed by atoms with van der Waals surface area (Å²) in [6.45, 7) is 2.63. The smallest absolute Gasteiger partial charge is 0.124 e. The van der Waals surface area contributed by atoms with Crippen LogP contribution < -0.4 is 0 Å². The molecule has 0 saturated carbocycles. The molecule has 2 nitrogen and oxygen atoms in total. The van der Waals surface area contributed by atoms with Crippen molar-refractivity contribution in [1.29, 1.82) is 0 Å². The Morgan fingerprint density at radius 2 is 2.21 bits per heavy atom. The highest BCUT2D eigenvalue weighted by Gasteiger charge is 2.01. The molecule has 0 spiro atoms. The lowest BCUT2D eigenvalue weighted by atomic mass is 10.1. The minimum Gasteiger partial charge on any atom is -0.507 e.